The Bertz CT molecular complexity index is 576. The highest BCUT2D eigenvalue weighted by molar-refractivity contribution is 5.93. The fourth-order valence-electron chi connectivity index (χ4n) is 3.65. The number of halogens is 1. The van der Waals surface area contributed by atoms with Gasteiger partial charge in [-0.05, 0) is 42.9 Å². The lowest BCUT2D eigenvalue weighted by molar-refractivity contribution is -0.118. The minimum atomic E-state index is -0.200. The van der Waals surface area contributed by atoms with Crippen molar-refractivity contribution < 1.29 is 9.18 Å². The average Bonchev–Trinajstić information content (AvgIpc) is 2.63. The average molecular weight is 330 g/mol. The lowest BCUT2D eigenvalue weighted by atomic mass is 9.89. The van der Waals surface area contributed by atoms with E-state index in [2.05, 4.69) is 10.2 Å². The Balaban J connectivity index is 1.44. The molecule has 0 aromatic heterocycles. The zero-order chi connectivity index (χ0) is 16.8. The van der Waals surface area contributed by atoms with Gasteiger partial charge in [-0.25, -0.2) is 4.39 Å². The number of nitrogens with one attached hydrogen (secondary N) is 1. The number of hydrogen-bond acceptors (Lipinski definition) is 2. The van der Waals surface area contributed by atoms with Gasteiger partial charge >= 0.3 is 0 Å². The van der Waals surface area contributed by atoms with Crippen molar-refractivity contribution in [2.24, 2.45) is 5.92 Å². The third-order valence-electron chi connectivity index (χ3n) is 5.18. The molecule has 1 aliphatic carbocycles. The Morgan fingerprint density at radius 1 is 1.17 bits per heavy atom. The first-order valence-electron chi connectivity index (χ1n) is 9.15. The molecule has 1 amide bonds. The summed E-state index contributed by atoms with van der Waals surface area (Å²) in [5, 5.41) is 3.13. The maximum Gasteiger partial charge on any atom is 0.246 e. The summed E-state index contributed by atoms with van der Waals surface area (Å²) in [6.45, 7) is 3.28. The number of carbonyl (C=O) groups is 1. The van der Waals surface area contributed by atoms with Gasteiger partial charge in [-0.15, -0.1) is 0 Å². The number of benzene rings is 1. The zero-order valence-corrected chi connectivity index (χ0v) is 14.3. The van der Waals surface area contributed by atoms with Gasteiger partial charge in [0.1, 0.15) is 5.82 Å². The van der Waals surface area contributed by atoms with Gasteiger partial charge in [0, 0.05) is 31.8 Å². The van der Waals surface area contributed by atoms with E-state index < -0.39 is 0 Å². The third kappa shape index (κ3) is 4.91. The van der Waals surface area contributed by atoms with E-state index in [-0.39, 0.29) is 11.7 Å². The SMILES string of the molecule is O=C(NCC1CCCCC1)C1=CCN(Cc2ccc(F)cc2)CC1. The quantitative estimate of drug-likeness (QED) is 0.894. The molecular formula is C20H27FN2O. The van der Waals surface area contributed by atoms with Crippen molar-refractivity contribution in [3.63, 3.8) is 0 Å². The number of nitrogens with zero attached hydrogens (tertiary/aromatic N) is 1. The van der Waals surface area contributed by atoms with Gasteiger partial charge in [0.25, 0.3) is 0 Å². The Kier molecular flexibility index (Phi) is 6.02. The highest BCUT2D eigenvalue weighted by Crippen LogP contribution is 2.23. The molecule has 1 aromatic rings. The van der Waals surface area contributed by atoms with Crippen molar-refractivity contribution in [3.8, 4) is 0 Å². The first-order valence-corrected chi connectivity index (χ1v) is 9.15. The number of carbonyl (C=O) groups excluding carboxylic acids is 1. The molecule has 3 rings (SSSR count). The maximum atomic E-state index is 12.9. The molecule has 4 heteroatoms. The van der Waals surface area contributed by atoms with Crippen LogP contribution in [0.2, 0.25) is 0 Å². The van der Waals surface area contributed by atoms with Gasteiger partial charge in [-0.1, -0.05) is 37.5 Å². The van der Waals surface area contributed by atoms with E-state index in [4.69, 9.17) is 0 Å². The summed E-state index contributed by atoms with van der Waals surface area (Å²) in [6, 6.07) is 6.65. The van der Waals surface area contributed by atoms with Crippen LogP contribution >= 0.6 is 0 Å². The van der Waals surface area contributed by atoms with Crippen LogP contribution in [0.1, 0.15) is 44.1 Å². The van der Waals surface area contributed by atoms with Gasteiger partial charge < -0.3 is 5.32 Å². The molecule has 0 bridgehead atoms. The second kappa shape index (κ2) is 8.43. The van der Waals surface area contributed by atoms with Crippen LogP contribution in [0.5, 0.6) is 0 Å². The number of rotatable bonds is 5. The number of hydrogen-bond donors (Lipinski definition) is 1. The van der Waals surface area contributed by atoms with Crippen molar-refractivity contribution in [1.29, 1.82) is 0 Å². The predicted octanol–water partition coefficient (Wildman–Crippen LogP) is 3.65. The van der Waals surface area contributed by atoms with E-state index in [9.17, 15) is 9.18 Å². The summed E-state index contributed by atoms with van der Waals surface area (Å²) in [5.41, 5.74) is 2.02. The van der Waals surface area contributed by atoms with Gasteiger partial charge in [0.15, 0.2) is 0 Å². The van der Waals surface area contributed by atoms with E-state index in [1.807, 2.05) is 18.2 Å². The smallest absolute Gasteiger partial charge is 0.246 e. The lowest BCUT2D eigenvalue weighted by Gasteiger charge is -2.27. The molecular weight excluding hydrogens is 303 g/mol. The lowest BCUT2D eigenvalue weighted by Crippen LogP contribution is -2.35. The van der Waals surface area contributed by atoms with Crippen LogP contribution in [0.15, 0.2) is 35.9 Å². The van der Waals surface area contributed by atoms with Crippen LogP contribution < -0.4 is 5.32 Å². The molecule has 0 unspecified atom stereocenters. The Morgan fingerprint density at radius 3 is 2.58 bits per heavy atom. The molecule has 24 heavy (non-hydrogen) atoms. The Labute approximate surface area is 143 Å². The first-order chi connectivity index (χ1) is 11.7. The van der Waals surface area contributed by atoms with E-state index in [1.54, 1.807) is 0 Å². The van der Waals surface area contributed by atoms with Crippen LogP contribution in [0.3, 0.4) is 0 Å². The molecule has 1 N–H and O–H groups in total. The van der Waals surface area contributed by atoms with Crippen molar-refractivity contribution in [1.82, 2.24) is 10.2 Å². The zero-order valence-electron chi connectivity index (χ0n) is 14.3. The van der Waals surface area contributed by atoms with Gasteiger partial charge in [0.2, 0.25) is 5.91 Å². The monoisotopic (exact) mass is 330 g/mol. The fourth-order valence-corrected chi connectivity index (χ4v) is 3.65. The molecule has 0 spiro atoms. The summed E-state index contributed by atoms with van der Waals surface area (Å²) in [5.74, 6) is 0.582. The molecule has 1 fully saturated rings. The van der Waals surface area contributed by atoms with Gasteiger partial charge in [-0.2, -0.15) is 0 Å². The molecule has 0 radical (unpaired) electrons. The van der Waals surface area contributed by atoms with Crippen LogP contribution in [0, 0.1) is 11.7 Å². The summed E-state index contributed by atoms with van der Waals surface area (Å²) >= 11 is 0. The van der Waals surface area contributed by atoms with E-state index >= 15 is 0 Å². The standard InChI is InChI=1S/C20H27FN2O/c21-19-8-6-17(7-9-19)15-23-12-10-18(11-13-23)20(24)22-14-16-4-2-1-3-5-16/h6-10,16H,1-5,11-15H2,(H,22,24). The van der Waals surface area contributed by atoms with Gasteiger partial charge in [-0.3, -0.25) is 9.69 Å². The summed E-state index contributed by atoms with van der Waals surface area (Å²) in [7, 11) is 0. The fraction of sp³-hybridized carbons (Fsp3) is 0.550. The molecule has 0 saturated heterocycles. The number of amides is 1. The summed E-state index contributed by atoms with van der Waals surface area (Å²) in [6.07, 6.45) is 9.30. The molecule has 130 valence electrons. The normalized spacial score (nSPS) is 19.8. The van der Waals surface area contributed by atoms with Crippen LogP contribution in [0.25, 0.3) is 0 Å². The molecule has 0 atom stereocenters. The maximum absolute atomic E-state index is 12.9. The molecule has 1 heterocycles. The van der Waals surface area contributed by atoms with Crippen LogP contribution in [-0.4, -0.2) is 30.4 Å². The predicted molar refractivity (Wildman–Crippen MR) is 94.0 cm³/mol. The van der Waals surface area contributed by atoms with Gasteiger partial charge in [0.05, 0.1) is 0 Å². The first kappa shape index (κ1) is 17.2. The minimum Gasteiger partial charge on any atom is -0.352 e. The van der Waals surface area contributed by atoms with Crippen molar-refractivity contribution >= 4 is 5.91 Å². The topological polar surface area (TPSA) is 32.3 Å². The van der Waals surface area contributed by atoms with Crippen molar-refractivity contribution in [3.05, 3.63) is 47.3 Å². The highest BCUT2D eigenvalue weighted by atomic mass is 19.1. The second-order valence-corrected chi connectivity index (χ2v) is 7.06. The highest BCUT2D eigenvalue weighted by Gasteiger charge is 2.19. The Morgan fingerprint density at radius 2 is 1.92 bits per heavy atom. The third-order valence-corrected chi connectivity index (χ3v) is 5.18. The van der Waals surface area contributed by atoms with Crippen molar-refractivity contribution in [2.45, 2.75) is 45.1 Å². The van der Waals surface area contributed by atoms with E-state index in [1.165, 1.54) is 44.2 Å². The van der Waals surface area contributed by atoms with Crippen LogP contribution in [0.4, 0.5) is 4.39 Å². The minimum absolute atomic E-state index is 0.113. The molecule has 1 saturated carbocycles. The summed E-state index contributed by atoms with van der Waals surface area (Å²) < 4.78 is 12.9. The molecule has 3 nitrogen and oxygen atoms in total. The van der Waals surface area contributed by atoms with E-state index in [0.717, 1.165) is 43.7 Å². The molecule has 1 aliphatic heterocycles. The van der Waals surface area contributed by atoms with Crippen molar-refractivity contribution in [2.75, 3.05) is 19.6 Å². The summed E-state index contributed by atoms with van der Waals surface area (Å²) in [4.78, 5) is 14.6. The molecule has 2 aliphatic rings. The molecule has 1 aromatic carbocycles. The second-order valence-electron chi connectivity index (χ2n) is 7.06. The van der Waals surface area contributed by atoms with E-state index in [0.29, 0.717) is 5.92 Å². The van der Waals surface area contributed by atoms with Crippen LogP contribution in [-0.2, 0) is 11.3 Å². The Hall–Kier alpha value is -1.68. The largest absolute Gasteiger partial charge is 0.352 e.